The van der Waals surface area contributed by atoms with Crippen LogP contribution in [-0.2, 0) is 16.8 Å². The molecular formula is C11H21N3O2. The van der Waals surface area contributed by atoms with Gasteiger partial charge in [-0.3, -0.25) is 0 Å². The predicted molar refractivity (Wildman–Crippen MR) is 60.9 cm³/mol. The maximum atomic E-state index is 5.68. The number of hydrogen-bond donors (Lipinski definition) is 1. The quantitative estimate of drug-likeness (QED) is 0.799. The zero-order valence-electron chi connectivity index (χ0n) is 10.5. The summed E-state index contributed by atoms with van der Waals surface area (Å²) < 4.78 is 10.7. The minimum atomic E-state index is -0.431. The van der Waals surface area contributed by atoms with E-state index in [2.05, 4.69) is 24.0 Å². The average Bonchev–Trinajstić information content (AvgIpc) is 2.70. The topological polar surface area (TPSA) is 74.2 Å². The Balaban J connectivity index is 2.90. The van der Waals surface area contributed by atoms with Gasteiger partial charge in [-0.05, 0) is 19.8 Å². The van der Waals surface area contributed by atoms with Crippen LogP contribution in [0, 0.1) is 0 Å². The van der Waals surface area contributed by atoms with Crippen LogP contribution in [0.15, 0.2) is 4.52 Å². The zero-order valence-corrected chi connectivity index (χ0v) is 10.5. The van der Waals surface area contributed by atoms with E-state index in [4.69, 9.17) is 15.0 Å². The highest BCUT2D eigenvalue weighted by Gasteiger charge is 2.33. The first kappa shape index (κ1) is 13.1. The van der Waals surface area contributed by atoms with Crippen LogP contribution in [-0.4, -0.2) is 23.3 Å². The smallest absolute Gasteiger partial charge is 0.228 e. The summed E-state index contributed by atoms with van der Waals surface area (Å²) in [5.41, 5.74) is 5.25. The van der Waals surface area contributed by atoms with E-state index < -0.39 is 5.60 Å². The summed E-state index contributed by atoms with van der Waals surface area (Å²) in [5.74, 6) is 1.20. The Kier molecular flexibility index (Phi) is 4.44. The monoisotopic (exact) mass is 227 g/mol. The molecule has 92 valence electrons. The number of methoxy groups -OCH3 is 1. The lowest BCUT2D eigenvalue weighted by Gasteiger charge is -2.25. The van der Waals surface area contributed by atoms with Gasteiger partial charge in [0, 0.05) is 19.6 Å². The van der Waals surface area contributed by atoms with Gasteiger partial charge in [0.05, 0.1) is 0 Å². The van der Waals surface area contributed by atoms with Crippen molar-refractivity contribution < 1.29 is 9.26 Å². The lowest BCUT2D eigenvalue weighted by Crippen LogP contribution is -2.28. The van der Waals surface area contributed by atoms with Crippen LogP contribution in [0.5, 0.6) is 0 Å². The fourth-order valence-electron chi connectivity index (χ4n) is 1.74. The summed E-state index contributed by atoms with van der Waals surface area (Å²) in [4.78, 5) is 4.35. The first-order chi connectivity index (χ1) is 7.57. The zero-order chi connectivity index (χ0) is 12.2. The molecule has 0 fully saturated rings. The Morgan fingerprint density at radius 2 is 2.06 bits per heavy atom. The predicted octanol–water partition coefficient (Wildman–Crippen LogP) is 1.62. The molecular weight excluding hydrogens is 206 g/mol. The van der Waals surface area contributed by atoms with E-state index in [0.717, 1.165) is 12.8 Å². The number of rotatable bonds is 6. The van der Waals surface area contributed by atoms with E-state index in [0.29, 0.717) is 18.1 Å². The second kappa shape index (κ2) is 5.41. The molecule has 0 spiro atoms. The van der Waals surface area contributed by atoms with E-state index in [9.17, 15) is 0 Å². The van der Waals surface area contributed by atoms with Crippen molar-refractivity contribution in [2.45, 2.75) is 51.7 Å². The second-order valence-corrected chi connectivity index (χ2v) is 4.10. The number of ether oxygens (including phenoxy) is 1. The summed E-state index contributed by atoms with van der Waals surface area (Å²) in [7, 11) is 1.68. The van der Waals surface area contributed by atoms with E-state index in [1.165, 1.54) is 0 Å². The minimum Gasteiger partial charge on any atom is -0.370 e. The molecule has 1 aromatic heterocycles. The maximum Gasteiger partial charge on any atom is 0.228 e. The van der Waals surface area contributed by atoms with Crippen molar-refractivity contribution in [1.82, 2.24) is 10.1 Å². The lowest BCUT2D eigenvalue weighted by atomic mass is 9.96. The summed E-state index contributed by atoms with van der Waals surface area (Å²) in [6.07, 6.45) is 2.23. The molecule has 2 N–H and O–H groups in total. The highest BCUT2D eigenvalue weighted by atomic mass is 16.5. The molecule has 1 atom stereocenters. The van der Waals surface area contributed by atoms with Crippen LogP contribution in [0.25, 0.3) is 0 Å². The Morgan fingerprint density at radius 3 is 2.50 bits per heavy atom. The van der Waals surface area contributed by atoms with E-state index >= 15 is 0 Å². The first-order valence-electron chi connectivity index (χ1n) is 5.71. The molecule has 1 unspecified atom stereocenters. The van der Waals surface area contributed by atoms with Gasteiger partial charge in [0.25, 0.3) is 0 Å². The van der Waals surface area contributed by atoms with E-state index in [1.54, 1.807) is 7.11 Å². The molecule has 0 aromatic carbocycles. The Hall–Kier alpha value is -0.940. The molecule has 0 aliphatic carbocycles. The molecule has 0 bridgehead atoms. The standard InChI is InChI=1S/C11H21N3O2/c1-5-11(6-2,15-4)10-13-9(16-14-10)7-8(3)12/h8H,5-7,12H2,1-4H3. The molecule has 0 saturated carbocycles. The van der Waals surface area contributed by atoms with Gasteiger partial charge in [-0.25, -0.2) is 0 Å². The summed E-state index contributed by atoms with van der Waals surface area (Å²) in [5, 5.41) is 3.99. The summed E-state index contributed by atoms with van der Waals surface area (Å²) in [6, 6.07) is 0.0218. The SMILES string of the molecule is CCC(CC)(OC)c1noc(CC(C)N)n1. The van der Waals surface area contributed by atoms with Crippen molar-refractivity contribution in [2.24, 2.45) is 5.73 Å². The molecule has 1 rings (SSSR count). The average molecular weight is 227 g/mol. The first-order valence-corrected chi connectivity index (χ1v) is 5.71. The third kappa shape index (κ3) is 2.59. The fraction of sp³-hybridized carbons (Fsp3) is 0.818. The molecule has 5 heteroatoms. The summed E-state index contributed by atoms with van der Waals surface area (Å²) >= 11 is 0. The van der Waals surface area contributed by atoms with Crippen LogP contribution >= 0.6 is 0 Å². The molecule has 0 saturated heterocycles. The van der Waals surface area contributed by atoms with Crippen molar-refractivity contribution >= 4 is 0 Å². The van der Waals surface area contributed by atoms with Crippen molar-refractivity contribution in [3.63, 3.8) is 0 Å². The van der Waals surface area contributed by atoms with Gasteiger partial charge in [-0.1, -0.05) is 19.0 Å². The Morgan fingerprint density at radius 1 is 1.44 bits per heavy atom. The molecule has 0 radical (unpaired) electrons. The van der Waals surface area contributed by atoms with Crippen LogP contribution in [0.1, 0.15) is 45.3 Å². The highest BCUT2D eigenvalue weighted by molar-refractivity contribution is 5.01. The number of nitrogens with two attached hydrogens (primary N) is 1. The second-order valence-electron chi connectivity index (χ2n) is 4.10. The normalized spacial score (nSPS) is 14.1. The number of hydrogen-bond acceptors (Lipinski definition) is 5. The Bertz CT molecular complexity index is 311. The fourth-order valence-corrected chi connectivity index (χ4v) is 1.74. The maximum absolute atomic E-state index is 5.68. The Labute approximate surface area is 96.4 Å². The third-order valence-corrected chi connectivity index (χ3v) is 2.91. The molecule has 16 heavy (non-hydrogen) atoms. The number of nitrogens with zero attached hydrogens (tertiary/aromatic N) is 2. The van der Waals surface area contributed by atoms with Gasteiger partial charge in [0.15, 0.2) is 0 Å². The molecule has 5 nitrogen and oxygen atoms in total. The van der Waals surface area contributed by atoms with E-state index in [1.807, 2.05) is 6.92 Å². The molecule has 0 aliphatic rings. The van der Waals surface area contributed by atoms with E-state index in [-0.39, 0.29) is 6.04 Å². The largest absolute Gasteiger partial charge is 0.370 e. The van der Waals surface area contributed by atoms with Gasteiger partial charge in [-0.15, -0.1) is 0 Å². The van der Waals surface area contributed by atoms with Gasteiger partial charge in [-0.2, -0.15) is 4.98 Å². The minimum absolute atomic E-state index is 0.0218. The van der Waals surface area contributed by atoms with Gasteiger partial charge < -0.3 is 15.0 Å². The number of aromatic nitrogens is 2. The molecule has 1 aromatic rings. The van der Waals surface area contributed by atoms with Crippen molar-refractivity contribution in [3.8, 4) is 0 Å². The van der Waals surface area contributed by atoms with Gasteiger partial charge in [0.2, 0.25) is 11.7 Å². The lowest BCUT2D eigenvalue weighted by molar-refractivity contribution is -0.0306. The van der Waals surface area contributed by atoms with Crippen molar-refractivity contribution in [3.05, 3.63) is 11.7 Å². The van der Waals surface area contributed by atoms with Gasteiger partial charge >= 0.3 is 0 Å². The molecule has 0 aliphatic heterocycles. The van der Waals surface area contributed by atoms with Gasteiger partial charge in [0.1, 0.15) is 5.60 Å². The molecule has 0 amide bonds. The van der Waals surface area contributed by atoms with Crippen molar-refractivity contribution in [2.75, 3.05) is 7.11 Å². The van der Waals surface area contributed by atoms with Crippen LogP contribution in [0.3, 0.4) is 0 Å². The molecule has 1 heterocycles. The third-order valence-electron chi connectivity index (χ3n) is 2.91. The van der Waals surface area contributed by atoms with Crippen molar-refractivity contribution in [1.29, 1.82) is 0 Å². The summed E-state index contributed by atoms with van der Waals surface area (Å²) in [6.45, 7) is 6.01. The van der Waals surface area contributed by atoms with Crippen LogP contribution < -0.4 is 5.73 Å². The highest BCUT2D eigenvalue weighted by Crippen LogP contribution is 2.29. The van der Waals surface area contributed by atoms with Crippen LogP contribution in [0.4, 0.5) is 0 Å². The van der Waals surface area contributed by atoms with Crippen LogP contribution in [0.2, 0.25) is 0 Å².